The third kappa shape index (κ3) is 1.85. The minimum Gasteiger partial charge on any atom is -0.304 e. The lowest BCUT2D eigenvalue weighted by atomic mass is 10.0. The van der Waals surface area contributed by atoms with Crippen molar-refractivity contribution in [2.24, 2.45) is 0 Å². The predicted octanol–water partition coefficient (Wildman–Crippen LogP) is 1.97. The molecule has 0 aromatic heterocycles. The van der Waals surface area contributed by atoms with Crippen LogP contribution in [0.25, 0.3) is 0 Å². The van der Waals surface area contributed by atoms with E-state index in [1.807, 2.05) is 36.4 Å². The monoisotopic (exact) mass is 268 g/mol. The molecule has 0 fully saturated rings. The van der Waals surface area contributed by atoms with Crippen molar-refractivity contribution in [3.05, 3.63) is 65.2 Å². The average molecular weight is 268 g/mol. The second-order valence-electron chi connectivity index (χ2n) is 4.51. The maximum absolute atomic E-state index is 12.5. The number of hydrogen-bond acceptors (Lipinski definition) is 3. The Hall–Kier alpha value is -2.66. The molecule has 0 saturated carbocycles. The smallest absolute Gasteiger partial charge is 0.275 e. The number of carbonyl (C=O) groups is 2. The highest BCUT2D eigenvalue weighted by Crippen LogP contribution is 2.30. The van der Waals surface area contributed by atoms with Gasteiger partial charge in [0.1, 0.15) is 0 Å². The summed E-state index contributed by atoms with van der Waals surface area (Å²) in [5.41, 5.74) is 3.67. The number of hydroxylamine groups is 1. The zero-order valence-electron chi connectivity index (χ0n) is 10.5. The number of hydrogen-bond donors (Lipinski definition) is 2. The largest absolute Gasteiger partial charge is 0.304 e. The van der Waals surface area contributed by atoms with Gasteiger partial charge in [0.15, 0.2) is 0 Å². The molecule has 0 unspecified atom stereocenters. The van der Waals surface area contributed by atoms with E-state index in [-0.39, 0.29) is 11.5 Å². The highest BCUT2D eigenvalue weighted by Gasteiger charge is 2.32. The summed E-state index contributed by atoms with van der Waals surface area (Å²) in [7, 11) is 0. The minimum atomic E-state index is -0.676. The number of rotatable bonds is 2. The molecule has 0 saturated heterocycles. The molecule has 2 amide bonds. The number of carbonyl (C=O) groups excluding carboxylic acids is 2. The maximum atomic E-state index is 12.5. The van der Waals surface area contributed by atoms with Crippen molar-refractivity contribution in [3.8, 4) is 0 Å². The van der Waals surface area contributed by atoms with Crippen LogP contribution in [0.1, 0.15) is 26.3 Å². The lowest BCUT2D eigenvalue weighted by molar-refractivity contribution is 0.0703. The van der Waals surface area contributed by atoms with Gasteiger partial charge in [-0.1, -0.05) is 30.3 Å². The molecule has 0 aliphatic carbocycles. The van der Waals surface area contributed by atoms with E-state index in [2.05, 4.69) is 0 Å². The van der Waals surface area contributed by atoms with Crippen LogP contribution in [-0.2, 0) is 6.54 Å². The number of nitrogens with zero attached hydrogens (tertiary/aromatic N) is 1. The summed E-state index contributed by atoms with van der Waals surface area (Å²) in [6.45, 7) is 0.421. The Morgan fingerprint density at radius 1 is 1.10 bits per heavy atom. The van der Waals surface area contributed by atoms with E-state index in [0.717, 1.165) is 11.3 Å². The number of para-hydroxylation sites is 1. The van der Waals surface area contributed by atoms with E-state index in [0.29, 0.717) is 12.1 Å². The topological polar surface area (TPSA) is 69.6 Å². The fourth-order valence-corrected chi connectivity index (χ4v) is 2.43. The van der Waals surface area contributed by atoms with E-state index in [4.69, 9.17) is 5.21 Å². The highest BCUT2D eigenvalue weighted by molar-refractivity contribution is 6.16. The van der Waals surface area contributed by atoms with Crippen LogP contribution in [0.3, 0.4) is 0 Å². The molecule has 0 radical (unpaired) electrons. The number of nitrogens with one attached hydrogen (secondary N) is 1. The second-order valence-corrected chi connectivity index (χ2v) is 4.51. The van der Waals surface area contributed by atoms with E-state index < -0.39 is 5.91 Å². The zero-order chi connectivity index (χ0) is 14.1. The third-order valence-electron chi connectivity index (χ3n) is 3.35. The Kier molecular flexibility index (Phi) is 2.96. The summed E-state index contributed by atoms with van der Waals surface area (Å²) in [4.78, 5) is 25.7. The van der Waals surface area contributed by atoms with Gasteiger partial charge in [-0.25, -0.2) is 5.48 Å². The summed E-state index contributed by atoms with van der Waals surface area (Å²) in [5.74, 6) is -0.907. The SMILES string of the molecule is O=C(NO)c1cccc2c1C(=O)N(c1ccccc1)C2. The number of amides is 2. The van der Waals surface area contributed by atoms with Crippen molar-refractivity contribution in [1.82, 2.24) is 5.48 Å². The molecule has 1 heterocycles. The molecule has 0 spiro atoms. The van der Waals surface area contributed by atoms with E-state index in [1.165, 1.54) is 6.07 Å². The van der Waals surface area contributed by atoms with Crippen molar-refractivity contribution in [1.29, 1.82) is 0 Å². The Bertz CT molecular complexity index is 683. The molecular weight excluding hydrogens is 256 g/mol. The molecule has 100 valence electrons. The first-order valence-corrected chi connectivity index (χ1v) is 6.15. The Morgan fingerprint density at radius 2 is 1.85 bits per heavy atom. The molecular formula is C15H12N2O3. The summed E-state index contributed by atoms with van der Waals surface area (Å²) >= 11 is 0. The molecule has 2 aromatic carbocycles. The van der Waals surface area contributed by atoms with Gasteiger partial charge in [-0.2, -0.15) is 0 Å². The van der Waals surface area contributed by atoms with Gasteiger partial charge in [-0.15, -0.1) is 0 Å². The van der Waals surface area contributed by atoms with Gasteiger partial charge in [-0.3, -0.25) is 14.8 Å². The van der Waals surface area contributed by atoms with Crippen LogP contribution in [-0.4, -0.2) is 17.0 Å². The summed E-state index contributed by atoms with van der Waals surface area (Å²) < 4.78 is 0. The fraction of sp³-hybridized carbons (Fsp3) is 0.0667. The predicted molar refractivity (Wildman–Crippen MR) is 72.7 cm³/mol. The molecule has 2 N–H and O–H groups in total. The van der Waals surface area contributed by atoms with Crippen LogP contribution in [0.4, 0.5) is 5.69 Å². The Labute approximate surface area is 115 Å². The normalized spacial score (nSPS) is 13.2. The quantitative estimate of drug-likeness (QED) is 0.646. The Morgan fingerprint density at radius 3 is 2.55 bits per heavy atom. The number of fused-ring (bicyclic) bond motifs is 1. The van der Waals surface area contributed by atoms with Crippen molar-refractivity contribution in [2.45, 2.75) is 6.54 Å². The van der Waals surface area contributed by atoms with Gasteiger partial charge in [0.2, 0.25) is 0 Å². The summed E-state index contributed by atoms with van der Waals surface area (Å²) in [6, 6.07) is 14.3. The van der Waals surface area contributed by atoms with Crippen molar-refractivity contribution < 1.29 is 14.8 Å². The molecule has 5 nitrogen and oxygen atoms in total. The molecule has 1 aliphatic rings. The van der Waals surface area contributed by atoms with Gasteiger partial charge in [0, 0.05) is 5.69 Å². The van der Waals surface area contributed by atoms with Crippen LogP contribution in [0.2, 0.25) is 0 Å². The van der Waals surface area contributed by atoms with E-state index in [1.54, 1.807) is 16.4 Å². The lowest BCUT2D eigenvalue weighted by Crippen LogP contribution is -2.26. The molecule has 0 bridgehead atoms. The van der Waals surface area contributed by atoms with Crippen LogP contribution < -0.4 is 10.4 Å². The first-order valence-electron chi connectivity index (χ1n) is 6.15. The zero-order valence-corrected chi connectivity index (χ0v) is 10.5. The maximum Gasteiger partial charge on any atom is 0.275 e. The summed E-state index contributed by atoms with van der Waals surface area (Å²) in [5, 5.41) is 8.76. The minimum absolute atomic E-state index is 0.188. The van der Waals surface area contributed by atoms with Gasteiger partial charge < -0.3 is 4.90 Å². The van der Waals surface area contributed by atoms with Crippen LogP contribution >= 0.6 is 0 Å². The van der Waals surface area contributed by atoms with E-state index >= 15 is 0 Å². The molecule has 1 aliphatic heterocycles. The van der Waals surface area contributed by atoms with Crippen molar-refractivity contribution in [3.63, 3.8) is 0 Å². The molecule has 20 heavy (non-hydrogen) atoms. The van der Waals surface area contributed by atoms with E-state index in [9.17, 15) is 9.59 Å². The molecule has 2 aromatic rings. The number of anilines is 1. The molecule has 3 rings (SSSR count). The summed E-state index contributed by atoms with van der Waals surface area (Å²) in [6.07, 6.45) is 0. The molecule has 0 atom stereocenters. The van der Waals surface area contributed by atoms with Crippen LogP contribution in [0, 0.1) is 0 Å². The van der Waals surface area contributed by atoms with Crippen molar-refractivity contribution >= 4 is 17.5 Å². The van der Waals surface area contributed by atoms with Gasteiger partial charge in [0.05, 0.1) is 17.7 Å². The highest BCUT2D eigenvalue weighted by atomic mass is 16.5. The average Bonchev–Trinajstić information content (AvgIpc) is 2.85. The first kappa shape index (κ1) is 12.4. The lowest BCUT2D eigenvalue weighted by Gasteiger charge is -2.15. The van der Waals surface area contributed by atoms with Crippen LogP contribution in [0.5, 0.6) is 0 Å². The second kappa shape index (κ2) is 4.79. The molecule has 5 heteroatoms. The first-order chi connectivity index (χ1) is 9.72. The standard InChI is InChI=1S/C15H12N2O3/c18-14(16-20)12-8-4-5-10-9-17(15(19)13(10)12)11-6-2-1-3-7-11/h1-8,20H,9H2,(H,16,18). The third-order valence-corrected chi connectivity index (χ3v) is 3.35. The van der Waals surface area contributed by atoms with Gasteiger partial charge in [-0.05, 0) is 23.8 Å². The van der Waals surface area contributed by atoms with Gasteiger partial charge in [0.25, 0.3) is 11.8 Å². The number of benzene rings is 2. The van der Waals surface area contributed by atoms with Crippen molar-refractivity contribution in [2.75, 3.05) is 4.90 Å². The van der Waals surface area contributed by atoms with Gasteiger partial charge >= 0.3 is 0 Å². The van der Waals surface area contributed by atoms with Crippen LogP contribution in [0.15, 0.2) is 48.5 Å². The Balaban J connectivity index is 2.05. The fourth-order valence-electron chi connectivity index (χ4n) is 2.43.